The van der Waals surface area contributed by atoms with Gasteiger partial charge in [-0.05, 0) is 31.9 Å². The molecule has 0 aliphatic heterocycles. The van der Waals surface area contributed by atoms with Crippen LogP contribution in [0.4, 0.5) is 0 Å². The Balaban J connectivity index is 2.51. The van der Waals surface area contributed by atoms with Gasteiger partial charge in [-0.25, -0.2) is 0 Å². The van der Waals surface area contributed by atoms with Crippen LogP contribution in [0.15, 0.2) is 36.4 Å². The van der Waals surface area contributed by atoms with Crippen LogP contribution in [0, 0.1) is 6.92 Å². The molecule has 26 heavy (non-hydrogen) atoms. The normalized spacial score (nSPS) is 13.5. The molecule has 2 atom stereocenters. The molecule has 0 saturated carbocycles. The van der Waals surface area contributed by atoms with Crippen LogP contribution in [0.2, 0.25) is 0 Å². The van der Waals surface area contributed by atoms with Crippen LogP contribution in [0.25, 0.3) is 0 Å². The van der Waals surface area contributed by atoms with Crippen LogP contribution in [0.1, 0.15) is 57.4 Å². The van der Waals surface area contributed by atoms with Crippen molar-refractivity contribution < 1.29 is 22.1 Å². The highest BCUT2D eigenvalue weighted by molar-refractivity contribution is 7.75. The van der Waals surface area contributed by atoms with Gasteiger partial charge >= 0.3 is 17.3 Å². The number of hydrogen-bond donors (Lipinski definition) is 0. The summed E-state index contributed by atoms with van der Waals surface area (Å²) in [6, 6.07) is 7.32. The number of methoxy groups -OCH3 is 1. The molecule has 1 rings (SSSR count). The van der Waals surface area contributed by atoms with Gasteiger partial charge in [0.05, 0.1) is 19.6 Å². The molecule has 0 bridgehead atoms. The summed E-state index contributed by atoms with van der Waals surface area (Å²) >= 11 is -1.86. The second-order valence-electron chi connectivity index (χ2n) is 6.16. The molecule has 0 saturated heterocycles. The number of hydrogen-bond acceptors (Lipinski definition) is 5. The molecule has 0 heterocycles. The third-order valence-corrected chi connectivity index (χ3v) is 4.62. The predicted molar refractivity (Wildman–Crippen MR) is 104 cm³/mol. The van der Waals surface area contributed by atoms with E-state index in [0.29, 0.717) is 12.2 Å². The summed E-state index contributed by atoms with van der Waals surface area (Å²) in [5.41, 5.74) is 1.11. The molecule has 6 heteroatoms. The van der Waals surface area contributed by atoms with Crippen molar-refractivity contribution in [2.45, 2.75) is 64.9 Å². The molecule has 0 fully saturated rings. The number of ether oxygens (including phenoxy) is 1. The Hall–Kier alpha value is -1.66. The number of aryl methyl sites for hydroxylation is 1. The Morgan fingerprint density at radius 1 is 1.15 bits per heavy atom. The molecule has 0 amide bonds. The monoisotopic (exact) mass is 382 g/mol. The van der Waals surface area contributed by atoms with Gasteiger partial charge in [-0.1, -0.05) is 62.5 Å². The van der Waals surface area contributed by atoms with E-state index in [2.05, 4.69) is 11.7 Å². The van der Waals surface area contributed by atoms with Crippen molar-refractivity contribution in [3.63, 3.8) is 0 Å². The first kappa shape index (κ1) is 22.4. The Morgan fingerprint density at radius 3 is 2.54 bits per heavy atom. The van der Waals surface area contributed by atoms with Crippen molar-refractivity contribution in [1.29, 1.82) is 0 Å². The van der Waals surface area contributed by atoms with Gasteiger partial charge in [0.1, 0.15) is 5.75 Å². The maximum absolute atomic E-state index is 12.2. The van der Waals surface area contributed by atoms with Crippen LogP contribution >= 0.6 is 0 Å². The summed E-state index contributed by atoms with van der Waals surface area (Å²) in [5.74, 6) is 0.229. The van der Waals surface area contributed by atoms with Gasteiger partial charge in [0.15, 0.2) is 0 Å². The quantitative estimate of drug-likeness (QED) is 0.278. The smallest absolute Gasteiger partial charge is 0.360 e. The topological polar surface area (TPSA) is 61.8 Å². The third kappa shape index (κ3) is 10.4. The second kappa shape index (κ2) is 13.5. The maximum Gasteiger partial charge on any atom is 0.360 e. The molecular weight excluding hydrogens is 352 g/mol. The standard InChI is InChI=1S/C20H30O5S/c1-4-5-6-7-10-18(11-8-9-12-20(21)23-3)24-26(22)25-19-15-13-17(2)14-16-19/h8-9,13-16,18H,4-7,10-12H2,1-3H3/b9-8+. The summed E-state index contributed by atoms with van der Waals surface area (Å²) in [7, 11) is 1.36. The lowest BCUT2D eigenvalue weighted by Gasteiger charge is -2.15. The summed E-state index contributed by atoms with van der Waals surface area (Å²) in [5, 5.41) is 0. The van der Waals surface area contributed by atoms with Crippen LogP contribution in [-0.4, -0.2) is 23.4 Å². The first-order valence-electron chi connectivity index (χ1n) is 9.10. The number of benzene rings is 1. The Kier molecular flexibility index (Phi) is 11.6. The highest BCUT2D eigenvalue weighted by Gasteiger charge is 2.14. The van der Waals surface area contributed by atoms with Gasteiger partial charge in [0.25, 0.3) is 0 Å². The molecule has 0 aliphatic rings. The third-order valence-electron chi connectivity index (χ3n) is 3.86. The summed E-state index contributed by atoms with van der Waals surface area (Å²) in [4.78, 5) is 11.1. The van der Waals surface area contributed by atoms with Crippen LogP contribution in [0.5, 0.6) is 5.75 Å². The van der Waals surface area contributed by atoms with Crippen molar-refractivity contribution in [2.75, 3.05) is 7.11 Å². The summed E-state index contributed by atoms with van der Waals surface area (Å²) < 4.78 is 27.7. The van der Waals surface area contributed by atoms with Gasteiger partial charge < -0.3 is 8.92 Å². The number of rotatable bonds is 13. The van der Waals surface area contributed by atoms with Crippen LogP contribution < -0.4 is 4.18 Å². The highest BCUT2D eigenvalue weighted by Crippen LogP contribution is 2.17. The van der Waals surface area contributed by atoms with Crippen molar-refractivity contribution >= 4 is 17.3 Å². The zero-order chi connectivity index (χ0) is 19.2. The van der Waals surface area contributed by atoms with E-state index in [1.165, 1.54) is 13.5 Å². The molecule has 1 aromatic rings. The first-order valence-corrected chi connectivity index (χ1v) is 10.1. The van der Waals surface area contributed by atoms with Crippen molar-refractivity contribution in [1.82, 2.24) is 0 Å². The van der Waals surface area contributed by atoms with E-state index in [0.717, 1.165) is 31.2 Å². The minimum absolute atomic E-state index is 0.216. The van der Waals surface area contributed by atoms with Crippen LogP contribution in [-0.2, 0) is 25.1 Å². The van der Waals surface area contributed by atoms with Crippen molar-refractivity contribution in [3.05, 3.63) is 42.0 Å². The average molecular weight is 383 g/mol. The number of carbonyl (C=O) groups is 1. The van der Waals surface area contributed by atoms with Crippen LogP contribution in [0.3, 0.4) is 0 Å². The first-order chi connectivity index (χ1) is 12.5. The van der Waals surface area contributed by atoms with Gasteiger partial charge in [0, 0.05) is 0 Å². The van der Waals surface area contributed by atoms with E-state index in [1.54, 1.807) is 18.2 Å². The molecule has 0 aliphatic carbocycles. The maximum atomic E-state index is 12.2. The largest absolute Gasteiger partial charge is 0.469 e. The lowest BCUT2D eigenvalue weighted by molar-refractivity contribution is -0.139. The fraction of sp³-hybridized carbons (Fsp3) is 0.550. The molecule has 2 unspecified atom stereocenters. The molecule has 146 valence electrons. The van der Waals surface area contributed by atoms with E-state index in [4.69, 9.17) is 8.37 Å². The van der Waals surface area contributed by atoms with E-state index < -0.39 is 11.4 Å². The fourth-order valence-corrected chi connectivity index (χ4v) is 3.02. The summed E-state index contributed by atoms with van der Waals surface area (Å²) in [6.45, 7) is 4.14. The number of carbonyl (C=O) groups excluding carboxylic acids is 1. The van der Waals surface area contributed by atoms with E-state index in [9.17, 15) is 9.00 Å². The van der Waals surface area contributed by atoms with E-state index in [-0.39, 0.29) is 18.5 Å². The number of unbranched alkanes of at least 4 members (excludes halogenated alkanes) is 3. The lowest BCUT2D eigenvalue weighted by atomic mass is 10.1. The zero-order valence-electron chi connectivity index (χ0n) is 15.9. The molecule has 1 aromatic carbocycles. The molecule has 5 nitrogen and oxygen atoms in total. The predicted octanol–water partition coefficient (Wildman–Crippen LogP) is 4.82. The summed E-state index contributed by atoms with van der Waals surface area (Å²) in [6.07, 6.45) is 9.45. The highest BCUT2D eigenvalue weighted by atomic mass is 32.2. The Bertz CT molecular complexity index is 568. The van der Waals surface area contributed by atoms with Gasteiger partial charge in [0.2, 0.25) is 0 Å². The molecule has 0 spiro atoms. The Labute approximate surface area is 159 Å². The second-order valence-corrected chi connectivity index (χ2v) is 6.92. The van der Waals surface area contributed by atoms with E-state index >= 15 is 0 Å². The minimum atomic E-state index is -1.86. The van der Waals surface area contributed by atoms with Gasteiger partial charge in [-0.15, -0.1) is 0 Å². The number of esters is 1. The SMILES string of the molecule is CCCCCCC(C/C=C/CC(=O)OC)OS(=O)Oc1ccc(C)cc1. The Morgan fingerprint density at radius 2 is 1.88 bits per heavy atom. The lowest BCUT2D eigenvalue weighted by Crippen LogP contribution is -2.17. The average Bonchev–Trinajstić information content (AvgIpc) is 2.63. The van der Waals surface area contributed by atoms with Gasteiger partial charge in [-0.3, -0.25) is 8.98 Å². The van der Waals surface area contributed by atoms with Gasteiger partial charge in [-0.2, -0.15) is 4.21 Å². The molecule has 0 N–H and O–H groups in total. The fourth-order valence-electron chi connectivity index (χ4n) is 2.32. The molecule has 0 radical (unpaired) electrons. The van der Waals surface area contributed by atoms with Crippen molar-refractivity contribution in [2.24, 2.45) is 0 Å². The van der Waals surface area contributed by atoms with E-state index in [1.807, 2.05) is 25.1 Å². The minimum Gasteiger partial charge on any atom is -0.469 e. The molecule has 0 aromatic heterocycles. The zero-order valence-corrected chi connectivity index (χ0v) is 16.8. The molecular formula is C20H30O5S. The van der Waals surface area contributed by atoms with Crippen molar-refractivity contribution in [3.8, 4) is 5.75 Å².